The van der Waals surface area contributed by atoms with E-state index in [4.69, 9.17) is 5.73 Å². The van der Waals surface area contributed by atoms with E-state index in [0.717, 1.165) is 11.1 Å². The number of benzene rings is 1. The first-order valence-electron chi connectivity index (χ1n) is 5.19. The van der Waals surface area contributed by atoms with Crippen LogP contribution in [-0.4, -0.2) is 17.3 Å². The van der Waals surface area contributed by atoms with Gasteiger partial charge in [-0.25, -0.2) is 0 Å². The third-order valence-electron chi connectivity index (χ3n) is 2.06. The van der Waals surface area contributed by atoms with E-state index in [9.17, 15) is 5.11 Å². The highest BCUT2D eigenvalue weighted by Gasteiger charge is 2.12. The SMILES string of the molecule is CC(C)(O)Cc1ccc(/C=C/CN)cc1. The molecule has 0 radical (unpaired) electrons. The topological polar surface area (TPSA) is 46.2 Å². The fourth-order valence-corrected chi connectivity index (χ4v) is 1.45. The Kier molecular flexibility index (Phi) is 4.06. The maximum Gasteiger partial charge on any atom is 0.0631 e. The molecule has 0 amide bonds. The number of hydrogen-bond donors (Lipinski definition) is 2. The second-order valence-corrected chi connectivity index (χ2v) is 4.37. The molecule has 82 valence electrons. The summed E-state index contributed by atoms with van der Waals surface area (Å²) in [7, 11) is 0. The zero-order valence-electron chi connectivity index (χ0n) is 9.40. The van der Waals surface area contributed by atoms with E-state index < -0.39 is 5.60 Å². The van der Waals surface area contributed by atoms with Gasteiger partial charge in [0.2, 0.25) is 0 Å². The molecule has 0 unspecified atom stereocenters. The van der Waals surface area contributed by atoms with Gasteiger partial charge < -0.3 is 10.8 Å². The molecule has 1 aromatic rings. The van der Waals surface area contributed by atoms with E-state index in [1.807, 2.05) is 50.3 Å². The van der Waals surface area contributed by atoms with Gasteiger partial charge in [0.15, 0.2) is 0 Å². The highest BCUT2D eigenvalue weighted by atomic mass is 16.3. The highest BCUT2D eigenvalue weighted by molar-refractivity contribution is 5.49. The van der Waals surface area contributed by atoms with Gasteiger partial charge >= 0.3 is 0 Å². The Balaban J connectivity index is 2.68. The number of hydrogen-bond acceptors (Lipinski definition) is 2. The molecule has 0 fully saturated rings. The van der Waals surface area contributed by atoms with E-state index in [1.165, 1.54) is 0 Å². The molecule has 0 heterocycles. The van der Waals surface area contributed by atoms with Crippen LogP contribution < -0.4 is 5.73 Å². The van der Waals surface area contributed by atoms with E-state index in [1.54, 1.807) is 0 Å². The lowest BCUT2D eigenvalue weighted by atomic mass is 9.98. The smallest absolute Gasteiger partial charge is 0.0631 e. The third-order valence-corrected chi connectivity index (χ3v) is 2.06. The average molecular weight is 205 g/mol. The second-order valence-electron chi connectivity index (χ2n) is 4.37. The van der Waals surface area contributed by atoms with Crippen molar-refractivity contribution in [3.8, 4) is 0 Å². The zero-order valence-corrected chi connectivity index (χ0v) is 9.40. The molecule has 0 atom stereocenters. The molecule has 0 aliphatic carbocycles. The Morgan fingerprint density at radius 2 is 1.87 bits per heavy atom. The summed E-state index contributed by atoms with van der Waals surface area (Å²) in [5.41, 5.74) is 7.01. The molecule has 0 bridgehead atoms. The van der Waals surface area contributed by atoms with Crippen LogP contribution in [0.1, 0.15) is 25.0 Å². The Bertz CT molecular complexity index is 319. The molecule has 1 rings (SSSR count). The summed E-state index contributed by atoms with van der Waals surface area (Å²) in [6.45, 7) is 4.19. The van der Waals surface area contributed by atoms with Gasteiger partial charge in [-0.3, -0.25) is 0 Å². The molecule has 3 N–H and O–H groups in total. The van der Waals surface area contributed by atoms with Crippen LogP contribution >= 0.6 is 0 Å². The molecular weight excluding hydrogens is 186 g/mol. The van der Waals surface area contributed by atoms with Crippen LogP contribution in [0.5, 0.6) is 0 Å². The lowest BCUT2D eigenvalue weighted by Gasteiger charge is -2.16. The van der Waals surface area contributed by atoms with Crippen molar-refractivity contribution in [2.45, 2.75) is 25.9 Å². The molecule has 0 aromatic heterocycles. The minimum absolute atomic E-state index is 0.561. The summed E-state index contributed by atoms with van der Waals surface area (Å²) in [4.78, 5) is 0. The third kappa shape index (κ3) is 4.77. The van der Waals surface area contributed by atoms with Crippen molar-refractivity contribution in [3.63, 3.8) is 0 Å². The van der Waals surface area contributed by atoms with Crippen LogP contribution in [-0.2, 0) is 6.42 Å². The van der Waals surface area contributed by atoms with Gasteiger partial charge in [0.05, 0.1) is 5.60 Å². The van der Waals surface area contributed by atoms with Crippen LogP contribution in [0.2, 0.25) is 0 Å². The van der Waals surface area contributed by atoms with Gasteiger partial charge in [-0.15, -0.1) is 0 Å². The largest absolute Gasteiger partial charge is 0.390 e. The molecule has 2 nitrogen and oxygen atoms in total. The first-order valence-corrected chi connectivity index (χ1v) is 5.19. The van der Waals surface area contributed by atoms with Gasteiger partial charge in [-0.1, -0.05) is 36.4 Å². The first-order chi connectivity index (χ1) is 7.01. The van der Waals surface area contributed by atoms with Gasteiger partial charge in [0, 0.05) is 13.0 Å². The zero-order chi connectivity index (χ0) is 11.3. The highest BCUT2D eigenvalue weighted by Crippen LogP contribution is 2.13. The normalized spacial score (nSPS) is 12.3. The van der Waals surface area contributed by atoms with Crippen molar-refractivity contribution in [1.29, 1.82) is 0 Å². The predicted octanol–water partition coefficient (Wildman–Crippen LogP) is 1.97. The van der Waals surface area contributed by atoms with Gasteiger partial charge in [-0.05, 0) is 25.0 Å². The monoisotopic (exact) mass is 205 g/mol. The van der Waals surface area contributed by atoms with Crippen LogP contribution in [0.3, 0.4) is 0 Å². The predicted molar refractivity (Wildman–Crippen MR) is 64.5 cm³/mol. The fourth-order valence-electron chi connectivity index (χ4n) is 1.45. The summed E-state index contributed by atoms with van der Waals surface area (Å²) in [6, 6.07) is 8.14. The van der Waals surface area contributed by atoms with Crippen molar-refractivity contribution in [1.82, 2.24) is 0 Å². The molecule has 0 spiro atoms. The van der Waals surface area contributed by atoms with E-state index in [2.05, 4.69) is 0 Å². The number of rotatable bonds is 4. The fraction of sp³-hybridized carbons (Fsp3) is 0.385. The minimum atomic E-state index is -0.644. The number of aliphatic hydroxyl groups is 1. The summed E-state index contributed by atoms with van der Waals surface area (Å²) in [5.74, 6) is 0. The maximum absolute atomic E-state index is 9.65. The Labute approximate surface area is 91.4 Å². The lowest BCUT2D eigenvalue weighted by Crippen LogP contribution is -2.21. The minimum Gasteiger partial charge on any atom is -0.390 e. The molecule has 1 aromatic carbocycles. The Morgan fingerprint density at radius 1 is 1.27 bits per heavy atom. The second kappa shape index (κ2) is 5.10. The van der Waals surface area contributed by atoms with Crippen molar-refractivity contribution in [2.24, 2.45) is 5.73 Å². The lowest BCUT2D eigenvalue weighted by molar-refractivity contribution is 0.0810. The molecule has 0 saturated heterocycles. The maximum atomic E-state index is 9.65. The van der Waals surface area contributed by atoms with Crippen molar-refractivity contribution in [2.75, 3.05) is 6.54 Å². The van der Waals surface area contributed by atoms with Gasteiger partial charge in [-0.2, -0.15) is 0 Å². The summed E-state index contributed by atoms with van der Waals surface area (Å²) in [5, 5.41) is 9.65. The first kappa shape index (κ1) is 12.0. The van der Waals surface area contributed by atoms with Crippen molar-refractivity contribution in [3.05, 3.63) is 41.5 Å². The average Bonchev–Trinajstić information content (AvgIpc) is 2.14. The summed E-state index contributed by atoms with van der Waals surface area (Å²) >= 11 is 0. The van der Waals surface area contributed by atoms with E-state index in [0.29, 0.717) is 13.0 Å². The van der Waals surface area contributed by atoms with Gasteiger partial charge in [0.25, 0.3) is 0 Å². The van der Waals surface area contributed by atoms with Crippen molar-refractivity contribution < 1.29 is 5.11 Å². The molecule has 0 saturated carbocycles. The molecule has 0 aliphatic rings. The number of nitrogens with two attached hydrogens (primary N) is 1. The summed E-state index contributed by atoms with van der Waals surface area (Å²) < 4.78 is 0. The van der Waals surface area contributed by atoms with Crippen LogP contribution in [0.15, 0.2) is 30.3 Å². The summed E-state index contributed by atoms with van der Waals surface area (Å²) in [6.07, 6.45) is 4.59. The standard InChI is InChI=1S/C13H19NO/c1-13(2,15)10-12-7-5-11(6-8-12)4-3-9-14/h3-8,15H,9-10,14H2,1-2H3/b4-3+. The van der Waals surface area contributed by atoms with Crippen molar-refractivity contribution >= 4 is 6.08 Å². The van der Waals surface area contributed by atoms with Crippen LogP contribution in [0, 0.1) is 0 Å². The van der Waals surface area contributed by atoms with Crippen LogP contribution in [0.4, 0.5) is 0 Å². The molecule has 2 heteroatoms. The molecule has 0 aliphatic heterocycles. The van der Waals surface area contributed by atoms with Crippen LogP contribution in [0.25, 0.3) is 6.08 Å². The molecular formula is C13H19NO. The Morgan fingerprint density at radius 3 is 2.33 bits per heavy atom. The van der Waals surface area contributed by atoms with E-state index >= 15 is 0 Å². The van der Waals surface area contributed by atoms with Gasteiger partial charge in [0.1, 0.15) is 0 Å². The Hall–Kier alpha value is -1.12. The van der Waals surface area contributed by atoms with E-state index in [-0.39, 0.29) is 0 Å². The molecule has 15 heavy (non-hydrogen) atoms. The quantitative estimate of drug-likeness (QED) is 0.789.